The number of carbonyl (C=O) groups is 1. The molecule has 2 aromatic rings. The van der Waals surface area contributed by atoms with E-state index in [0.29, 0.717) is 6.42 Å². The molecule has 2 N–H and O–H groups in total. The first-order valence-electron chi connectivity index (χ1n) is 7.16. The topological polar surface area (TPSA) is 54.0 Å². The molecular formula is C16H19N3OS. The largest absolute Gasteiger partial charge is 0.326 e. The summed E-state index contributed by atoms with van der Waals surface area (Å²) in [6.45, 7) is 5.92. The second-order valence-electron chi connectivity index (χ2n) is 5.51. The first kappa shape index (κ1) is 14.2. The van der Waals surface area contributed by atoms with Gasteiger partial charge in [-0.25, -0.2) is 4.98 Å². The summed E-state index contributed by atoms with van der Waals surface area (Å²) in [6.07, 6.45) is 1.31. The first-order valence-corrected chi connectivity index (χ1v) is 7.98. The van der Waals surface area contributed by atoms with Crippen LogP contribution < -0.4 is 10.6 Å². The van der Waals surface area contributed by atoms with Gasteiger partial charge in [-0.05, 0) is 37.1 Å². The lowest BCUT2D eigenvalue weighted by atomic mass is 10.1. The van der Waals surface area contributed by atoms with Gasteiger partial charge in [-0.3, -0.25) is 4.79 Å². The first-order chi connectivity index (χ1) is 10.1. The SMILES string of the molecule is Cc1cc(C)cc(NC(=O)Cc2nc3c(s2)CNCC3)c1. The summed E-state index contributed by atoms with van der Waals surface area (Å²) in [5, 5.41) is 7.20. The van der Waals surface area contributed by atoms with Gasteiger partial charge in [0, 0.05) is 30.1 Å². The molecule has 3 rings (SSSR count). The monoisotopic (exact) mass is 301 g/mol. The van der Waals surface area contributed by atoms with E-state index in [9.17, 15) is 4.79 Å². The zero-order valence-corrected chi connectivity index (χ0v) is 13.1. The molecule has 0 unspecified atom stereocenters. The minimum atomic E-state index is -0.000874. The highest BCUT2D eigenvalue weighted by molar-refractivity contribution is 7.11. The summed E-state index contributed by atoms with van der Waals surface area (Å²) >= 11 is 1.65. The summed E-state index contributed by atoms with van der Waals surface area (Å²) in [7, 11) is 0. The van der Waals surface area contributed by atoms with Crippen LogP contribution in [0.2, 0.25) is 0 Å². The number of thiazole rings is 1. The van der Waals surface area contributed by atoms with Gasteiger partial charge in [0.2, 0.25) is 5.91 Å². The lowest BCUT2D eigenvalue weighted by Crippen LogP contribution is -2.22. The van der Waals surface area contributed by atoms with E-state index >= 15 is 0 Å². The van der Waals surface area contributed by atoms with E-state index in [1.807, 2.05) is 26.0 Å². The fourth-order valence-corrected chi connectivity index (χ4v) is 3.73. The third-order valence-corrected chi connectivity index (χ3v) is 4.56. The van der Waals surface area contributed by atoms with Crippen molar-refractivity contribution in [2.45, 2.75) is 33.2 Å². The van der Waals surface area contributed by atoms with Crippen molar-refractivity contribution in [2.75, 3.05) is 11.9 Å². The van der Waals surface area contributed by atoms with E-state index in [0.717, 1.165) is 47.0 Å². The third kappa shape index (κ3) is 3.49. The predicted octanol–water partition coefficient (Wildman–Crippen LogP) is 2.59. The number of hydrogen-bond donors (Lipinski definition) is 2. The number of aryl methyl sites for hydroxylation is 2. The summed E-state index contributed by atoms with van der Waals surface area (Å²) in [5.41, 5.74) is 4.33. The molecule has 1 aliphatic heterocycles. The minimum absolute atomic E-state index is 0.000874. The molecule has 1 amide bonds. The van der Waals surface area contributed by atoms with Gasteiger partial charge >= 0.3 is 0 Å². The molecule has 2 heterocycles. The zero-order valence-electron chi connectivity index (χ0n) is 12.3. The van der Waals surface area contributed by atoms with Crippen molar-refractivity contribution in [3.63, 3.8) is 0 Å². The summed E-state index contributed by atoms with van der Waals surface area (Å²) < 4.78 is 0. The van der Waals surface area contributed by atoms with Crippen LogP contribution in [0.25, 0.3) is 0 Å². The summed E-state index contributed by atoms with van der Waals surface area (Å²) in [6, 6.07) is 6.07. The molecule has 110 valence electrons. The minimum Gasteiger partial charge on any atom is -0.326 e. The van der Waals surface area contributed by atoms with Crippen molar-refractivity contribution < 1.29 is 4.79 Å². The number of carbonyl (C=O) groups excluding carboxylic acids is 1. The number of nitrogens with one attached hydrogen (secondary N) is 2. The van der Waals surface area contributed by atoms with Crippen LogP contribution >= 0.6 is 11.3 Å². The van der Waals surface area contributed by atoms with Crippen molar-refractivity contribution in [1.29, 1.82) is 0 Å². The normalized spacial score (nSPS) is 13.8. The molecule has 21 heavy (non-hydrogen) atoms. The van der Waals surface area contributed by atoms with Gasteiger partial charge in [-0.2, -0.15) is 0 Å². The maximum absolute atomic E-state index is 12.2. The highest BCUT2D eigenvalue weighted by Crippen LogP contribution is 2.22. The average molecular weight is 301 g/mol. The second kappa shape index (κ2) is 5.95. The molecule has 0 bridgehead atoms. The van der Waals surface area contributed by atoms with Gasteiger partial charge in [-0.1, -0.05) is 6.07 Å². The summed E-state index contributed by atoms with van der Waals surface area (Å²) in [5.74, 6) is -0.000874. The lowest BCUT2D eigenvalue weighted by molar-refractivity contribution is -0.115. The highest BCUT2D eigenvalue weighted by Gasteiger charge is 2.16. The Bertz CT molecular complexity index is 634. The Hall–Kier alpha value is -1.72. The number of anilines is 1. The highest BCUT2D eigenvalue weighted by atomic mass is 32.1. The Morgan fingerprint density at radius 2 is 2.10 bits per heavy atom. The molecule has 4 nitrogen and oxygen atoms in total. The maximum Gasteiger partial charge on any atom is 0.231 e. The predicted molar refractivity (Wildman–Crippen MR) is 85.8 cm³/mol. The van der Waals surface area contributed by atoms with Gasteiger partial charge in [0.05, 0.1) is 12.1 Å². The number of amides is 1. The van der Waals surface area contributed by atoms with E-state index in [4.69, 9.17) is 0 Å². The van der Waals surface area contributed by atoms with Gasteiger partial charge < -0.3 is 10.6 Å². The zero-order chi connectivity index (χ0) is 14.8. The maximum atomic E-state index is 12.2. The van der Waals surface area contributed by atoms with Crippen LogP contribution in [0.4, 0.5) is 5.69 Å². The van der Waals surface area contributed by atoms with E-state index in [-0.39, 0.29) is 5.91 Å². The van der Waals surface area contributed by atoms with Crippen LogP contribution in [0.15, 0.2) is 18.2 Å². The molecule has 0 saturated carbocycles. The van der Waals surface area contributed by atoms with Crippen LogP contribution in [-0.2, 0) is 24.2 Å². The quantitative estimate of drug-likeness (QED) is 0.916. The molecule has 0 spiro atoms. The van der Waals surface area contributed by atoms with Crippen molar-refractivity contribution in [2.24, 2.45) is 0 Å². The molecule has 0 fully saturated rings. The second-order valence-corrected chi connectivity index (χ2v) is 6.67. The number of hydrogen-bond acceptors (Lipinski definition) is 4. The van der Waals surface area contributed by atoms with Gasteiger partial charge in [-0.15, -0.1) is 11.3 Å². The smallest absolute Gasteiger partial charge is 0.231 e. The number of benzene rings is 1. The van der Waals surface area contributed by atoms with Crippen LogP contribution in [0, 0.1) is 13.8 Å². The van der Waals surface area contributed by atoms with Crippen molar-refractivity contribution in [3.05, 3.63) is 44.9 Å². The Balaban J connectivity index is 1.67. The number of nitrogens with zero attached hydrogens (tertiary/aromatic N) is 1. The van der Waals surface area contributed by atoms with Crippen LogP contribution in [-0.4, -0.2) is 17.4 Å². The Morgan fingerprint density at radius 1 is 1.33 bits per heavy atom. The third-order valence-electron chi connectivity index (χ3n) is 3.46. The fraction of sp³-hybridized carbons (Fsp3) is 0.375. The molecule has 5 heteroatoms. The van der Waals surface area contributed by atoms with Crippen LogP contribution in [0.1, 0.15) is 26.7 Å². The van der Waals surface area contributed by atoms with E-state index in [1.54, 1.807) is 11.3 Å². The standard InChI is InChI=1S/C16H19N3OS/c1-10-5-11(2)7-12(6-10)18-15(20)8-16-19-13-3-4-17-9-14(13)21-16/h5-7,17H,3-4,8-9H2,1-2H3,(H,18,20). The van der Waals surface area contributed by atoms with Gasteiger partial charge in [0.15, 0.2) is 0 Å². The van der Waals surface area contributed by atoms with E-state index in [2.05, 4.69) is 21.7 Å². The fourth-order valence-electron chi connectivity index (χ4n) is 2.64. The van der Waals surface area contributed by atoms with E-state index < -0.39 is 0 Å². The molecule has 0 radical (unpaired) electrons. The van der Waals surface area contributed by atoms with Crippen molar-refractivity contribution >= 4 is 22.9 Å². The van der Waals surface area contributed by atoms with Crippen LogP contribution in [0.5, 0.6) is 0 Å². The van der Waals surface area contributed by atoms with Gasteiger partial charge in [0.25, 0.3) is 0 Å². The number of fused-ring (bicyclic) bond motifs is 1. The Kier molecular flexibility index (Phi) is 4.03. The van der Waals surface area contributed by atoms with Crippen LogP contribution in [0.3, 0.4) is 0 Å². The molecular weight excluding hydrogens is 282 g/mol. The average Bonchev–Trinajstić information content (AvgIpc) is 2.78. The molecule has 1 aromatic heterocycles. The summed E-state index contributed by atoms with van der Waals surface area (Å²) in [4.78, 5) is 18.0. The van der Waals surface area contributed by atoms with Gasteiger partial charge in [0.1, 0.15) is 5.01 Å². The molecule has 0 atom stereocenters. The van der Waals surface area contributed by atoms with Crippen molar-refractivity contribution in [1.82, 2.24) is 10.3 Å². The Labute approximate surface area is 128 Å². The molecule has 1 aliphatic rings. The Morgan fingerprint density at radius 3 is 2.81 bits per heavy atom. The molecule has 0 aliphatic carbocycles. The van der Waals surface area contributed by atoms with E-state index in [1.165, 1.54) is 4.88 Å². The molecule has 0 saturated heterocycles. The lowest BCUT2D eigenvalue weighted by Gasteiger charge is -2.09. The van der Waals surface area contributed by atoms with Crippen molar-refractivity contribution in [3.8, 4) is 0 Å². The number of aromatic nitrogens is 1. The molecule has 1 aromatic carbocycles. The number of rotatable bonds is 3.